The molecule has 0 amide bonds. The van der Waals surface area contributed by atoms with Gasteiger partial charge in [-0.15, -0.1) is 0 Å². The molecule has 1 saturated heterocycles. The van der Waals surface area contributed by atoms with E-state index in [2.05, 4.69) is 26.8 Å². The number of rotatable bonds is 7. The first-order valence-electron chi connectivity index (χ1n) is 11.4. The van der Waals surface area contributed by atoms with E-state index in [4.69, 9.17) is 4.74 Å². The smallest absolute Gasteiger partial charge is 0.379 e. The fourth-order valence-corrected chi connectivity index (χ4v) is 4.50. The average Bonchev–Trinajstić information content (AvgIpc) is 3.18. The highest BCUT2D eigenvalue weighted by Gasteiger charge is 2.41. The summed E-state index contributed by atoms with van der Waals surface area (Å²) in [6.45, 7) is 4.20. The van der Waals surface area contributed by atoms with Gasteiger partial charge in [0.05, 0.1) is 30.2 Å². The van der Waals surface area contributed by atoms with Crippen LogP contribution in [0.25, 0.3) is 10.9 Å². The Morgan fingerprint density at radius 3 is 2.63 bits per heavy atom. The SMILES string of the molecule is CC(C)NC(c1ccc(Nc2nn(C3(CC#N)CCCOC3)c3cc[nH]c(=O)c23)cc1)C(F)(F)F. The van der Waals surface area contributed by atoms with Gasteiger partial charge in [-0.2, -0.15) is 23.5 Å². The minimum absolute atomic E-state index is 0.0808. The van der Waals surface area contributed by atoms with Crippen LogP contribution in [0, 0.1) is 11.3 Å². The molecule has 0 aliphatic carbocycles. The fraction of sp³-hybridized carbons (Fsp3) is 0.458. The highest BCUT2D eigenvalue weighted by Crippen LogP contribution is 2.36. The van der Waals surface area contributed by atoms with Gasteiger partial charge in [0.1, 0.15) is 11.4 Å². The van der Waals surface area contributed by atoms with Crippen molar-refractivity contribution in [3.8, 4) is 6.07 Å². The lowest BCUT2D eigenvalue weighted by atomic mass is 9.89. The maximum absolute atomic E-state index is 13.5. The lowest BCUT2D eigenvalue weighted by Gasteiger charge is -2.35. The van der Waals surface area contributed by atoms with Crippen LogP contribution in [0.15, 0.2) is 41.3 Å². The van der Waals surface area contributed by atoms with Gasteiger partial charge in [0, 0.05) is 24.5 Å². The molecule has 8 nitrogen and oxygen atoms in total. The summed E-state index contributed by atoms with van der Waals surface area (Å²) in [7, 11) is 0. The monoisotopic (exact) mass is 488 g/mol. The molecule has 0 spiro atoms. The number of anilines is 2. The first kappa shape index (κ1) is 24.8. The maximum atomic E-state index is 13.5. The van der Waals surface area contributed by atoms with Gasteiger partial charge in [0.2, 0.25) is 0 Å². The van der Waals surface area contributed by atoms with E-state index in [-0.39, 0.29) is 29.4 Å². The van der Waals surface area contributed by atoms with Gasteiger partial charge >= 0.3 is 6.18 Å². The lowest BCUT2D eigenvalue weighted by molar-refractivity contribution is -0.159. The third-order valence-corrected chi connectivity index (χ3v) is 6.10. The molecule has 2 atom stereocenters. The summed E-state index contributed by atoms with van der Waals surface area (Å²) in [5.74, 6) is 0.255. The Bertz CT molecular complexity index is 1270. The number of pyridine rings is 1. The van der Waals surface area contributed by atoms with Gasteiger partial charge < -0.3 is 20.4 Å². The van der Waals surface area contributed by atoms with E-state index in [1.165, 1.54) is 30.5 Å². The number of aromatic nitrogens is 3. The molecule has 2 aromatic heterocycles. The van der Waals surface area contributed by atoms with E-state index < -0.39 is 17.8 Å². The van der Waals surface area contributed by atoms with Crippen molar-refractivity contribution in [1.29, 1.82) is 5.26 Å². The Labute approximate surface area is 200 Å². The molecule has 4 rings (SSSR count). The van der Waals surface area contributed by atoms with E-state index in [9.17, 15) is 23.2 Å². The van der Waals surface area contributed by atoms with Crippen LogP contribution < -0.4 is 16.2 Å². The topological polar surface area (TPSA) is 108 Å². The zero-order chi connectivity index (χ0) is 25.2. The highest BCUT2D eigenvalue weighted by molar-refractivity contribution is 5.91. The number of hydrogen-bond acceptors (Lipinski definition) is 6. The fourth-order valence-electron chi connectivity index (χ4n) is 4.50. The molecule has 1 fully saturated rings. The average molecular weight is 489 g/mol. The van der Waals surface area contributed by atoms with Crippen molar-refractivity contribution in [2.24, 2.45) is 0 Å². The van der Waals surface area contributed by atoms with Gasteiger partial charge in [-0.25, -0.2) is 0 Å². The maximum Gasteiger partial charge on any atom is 0.407 e. The number of fused-ring (bicyclic) bond motifs is 1. The van der Waals surface area contributed by atoms with Gasteiger partial charge in [0.15, 0.2) is 5.82 Å². The van der Waals surface area contributed by atoms with Crippen molar-refractivity contribution in [2.75, 3.05) is 18.5 Å². The highest BCUT2D eigenvalue weighted by atomic mass is 19.4. The van der Waals surface area contributed by atoms with E-state index >= 15 is 0 Å². The predicted molar refractivity (Wildman–Crippen MR) is 125 cm³/mol. The van der Waals surface area contributed by atoms with Crippen LogP contribution in [-0.4, -0.2) is 40.2 Å². The molecule has 1 aliphatic rings. The Kier molecular flexibility index (Phi) is 6.87. The molecule has 35 heavy (non-hydrogen) atoms. The number of nitriles is 1. The summed E-state index contributed by atoms with van der Waals surface area (Å²) < 4.78 is 48.0. The summed E-state index contributed by atoms with van der Waals surface area (Å²) in [5.41, 5.74) is 0.0214. The number of nitrogens with zero attached hydrogens (tertiary/aromatic N) is 3. The number of alkyl halides is 3. The van der Waals surface area contributed by atoms with Crippen molar-refractivity contribution in [3.63, 3.8) is 0 Å². The van der Waals surface area contributed by atoms with Crippen LogP contribution in [0.1, 0.15) is 44.7 Å². The third-order valence-electron chi connectivity index (χ3n) is 6.10. The molecule has 3 N–H and O–H groups in total. The quantitative estimate of drug-likeness (QED) is 0.452. The van der Waals surface area contributed by atoms with Gasteiger partial charge in [-0.1, -0.05) is 26.0 Å². The summed E-state index contributed by atoms with van der Waals surface area (Å²) >= 11 is 0. The normalized spacial score (nSPS) is 19.6. The Morgan fingerprint density at radius 1 is 1.29 bits per heavy atom. The molecule has 1 aliphatic heterocycles. The third kappa shape index (κ3) is 5.04. The number of ether oxygens (including phenoxy) is 1. The molecular formula is C24H27F3N6O2. The number of hydrogen-bond donors (Lipinski definition) is 3. The van der Waals surface area contributed by atoms with E-state index in [1.807, 2.05) is 0 Å². The Morgan fingerprint density at radius 2 is 2.03 bits per heavy atom. The minimum Gasteiger partial charge on any atom is -0.379 e. The summed E-state index contributed by atoms with van der Waals surface area (Å²) in [4.78, 5) is 15.4. The van der Waals surface area contributed by atoms with E-state index in [0.717, 1.165) is 6.42 Å². The second-order valence-electron chi connectivity index (χ2n) is 9.09. The molecular weight excluding hydrogens is 461 g/mol. The second-order valence-corrected chi connectivity index (χ2v) is 9.09. The molecule has 0 saturated carbocycles. The molecule has 0 bridgehead atoms. The summed E-state index contributed by atoms with van der Waals surface area (Å²) in [6, 6.07) is 7.61. The predicted octanol–water partition coefficient (Wildman–Crippen LogP) is 4.49. The summed E-state index contributed by atoms with van der Waals surface area (Å²) in [5, 5.41) is 20.1. The Hall–Kier alpha value is -3.36. The molecule has 3 heterocycles. The van der Waals surface area contributed by atoms with Crippen LogP contribution in [0.2, 0.25) is 0 Å². The van der Waals surface area contributed by atoms with Crippen LogP contribution >= 0.6 is 0 Å². The molecule has 0 radical (unpaired) electrons. The van der Waals surface area contributed by atoms with Gasteiger partial charge in [0.25, 0.3) is 5.56 Å². The van der Waals surface area contributed by atoms with Crippen molar-refractivity contribution < 1.29 is 17.9 Å². The zero-order valence-electron chi connectivity index (χ0n) is 19.4. The van der Waals surface area contributed by atoms with E-state index in [1.54, 1.807) is 24.6 Å². The standard InChI is InChI=1S/C24H27F3N6O2/c1-15(2)30-20(24(25,26)27)16-4-6-17(7-5-16)31-21-19-18(8-12-29-22(19)34)33(32-21)23(10-11-28)9-3-13-35-14-23/h4-8,12,15,20,30H,3,9-10,13-14H2,1-2H3,(H,29,34)(H,31,32). The zero-order valence-corrected chi connectivity index (χ0v) is 19.4. The van der Waals surface area contributed by atoms with Crippen LogP contribution in [-0.2, 0) is 10.3 Å². The number of benzene rings is 1. The number of aromatic amines is 1. The number of nitrogens with one attached hydrogen (secondary N) is 3. The Balaban J connectivity index is 1.71. The van der Waals surface area contributed by atoms with Crippen molar-refractivity contribution in [3.05, 3.63) is 52.4 Å². The van der Waals surface area contributed by atoms with Crippen LogP contribution in [0.5, 0.6) is 0 Å². The first-order chi connectivity index (χ1) is 16.6. The second kappa shape index (κ2) is 9.71. The van der Waals surface area contributed by atoms with Crippen LogP contribution in [0.4, 0.5) is 24.7 Å². The minimum atomic E-state index is -4.45. The van der Waals surface area contributed by atoms with Gasteiger partial charge in [-0.05, 0) is 36.6 Å². The molecule has 1 aromatic carbocycles. The van der Waals surface area contributed by atoms with E-state index in [0.29, 0.717) is 36.2 Å². The van der Waals surface area contributed by atoms with Crippen molar-refractivity contribution in [2.45, 2.75) is 56.9 Å². The first-order valence-corrected chi connectivity index (χ1v) is 11.4. The molecule has 186 valence electrons. The number of halogens is 3. The molecule has 2 unspecified atom stereocenters. The molecule has 3 aromatic rings. The van der Waals surface area contributed by atoms with Gasteiger partial charge in [-0.3, -0.25) is 9.48 Å². The van der Waals surface area contributed by atoms with Crippen molar-refractivity contribution in [1.82, 2.24) is 20.1 Å². The number of H-pyrrole nitrogens is 1. The lowest BCUT2D eigenvalue weighted by Crippen LogP contribution is -2.42. The van der Waals surface area contributed by atoms with Crippen LogP contribution in [0.3, 0.4) is 0 Å². The molecule has 11 heteroatoms. The largest absolute Gasteiger partial charge is 0.407 e. The van der Waals surface area contributed by atoms with Crippen molar-refractivity contribution >= 4 is 22.4 Å². The summed E-state index contributed by atoms with van der Waals surface area (Å²) in [6.07, 6.45) is -1.35.